The van der Waals surface area contributed by atoms with E-state index in [0.717, 1.165) is 36.2 Å². The van der Waals surface area contributed by atoms with Crippen molar-refractivity contribution in [1.82, 2.24) is 20.5 Å². The first-order valence-corrected chi connectivity index (χ1v) is 13.0. The smallest absolute Gasteiger partial charge is 0.253 e. The SMILES string of the molecule is Cc1csc(CN(C)C(=O)c2cccc(C(=O)NC(Cc3cc(F)cc(F)c3)C(O)C3CCCN3)c2)n1. The van der Waals surface area contributed by atoms with Gasteiger partial charge in [-0.15, -0.1) is 11.3 Å². The van der Waals surface area contributed by atoms with Crippen LogP contribution < -0.4 is 10.6 Å². The second kappa shape index (κ2) is 11.9. The molecule has 2 amide bonds. The number of halogens is 2. The maximum absolute atomic E-state index is 13.8. The Morgan fingerprint density at radius 1 is 1.22 bits per heavy atom. The van der Waals surface area contributed by atoms with Gasteiger partial charge >= 0.3 is 0 Å². The van der Waals surface area contributed by atoms with Crippen molar-refractivity contribution in [2.24, 2.45) is 0 Å². The number of nitrogens with one attached hydrogen (secondary N) is 2. The zero-order valence-corrected chi connectivity index (χ0v) is 21.5. The summed E-state index contributed by atoms with van der Waals surface area (Å²) in [5.74, 6) is -2.20. The molecule has 0 radical (unpaired) electrons. The Balaban J connectivity index is 1.50. The highest BCUT2D eigenvalue weighted by molar-refractivity contribution is 7.09. The number of hydrogen-bond acceptors (Lipinski definition) is 6. The molecule has 0 aliphatic carbocycles. The van der Waals surface area contributed by atoms with Crippen molar-refractivity contribution < 1.29 is 23.5 Å². The van der Waals surface area contributed by atoms with Gasteiger partial charge in [0.25, 0.3) is 11.8 Å². The van der Waals surface area contributed by atoms with E-state index < -0.39 is 29.7 Å². The number of hydrogen-bond donors (Lipinski definition) is 3. The first-order chi connectivity index (χ1) is 17.7. The van der Waals surface area contributed by atoms with Crippen molar-refractivity contribution in [1.29, 1.82) is 0 Å². The van der Waals surface area contributed by atoms with Gasteiger partial charge in [0.1, 0.15) is 16.6 Å². The number of aliphatic hydroxyl groups excluding tert-OH is 1. The number of amides is 2. The number of carbonyl (C=O) groups excluding carboxylic acids is 2. The van der Waals surface area contributed by atoms with Crippen LogP contribution in [0.15, 0.2) is 47.8 Å². The van der Waals surface area contributed by atoms with Gasteiger partial charge in [-0.25, -0.2) is 13.8 Å². The summed E-state index contributed by atoms with van der Waals surface area (Å²) in [4.78, 5) is 32.1. The highest BCUT2D eigenvalue weighted by Gasteiger charge is 2.31. The number of aliphatic hydroxyl groups is 1. The molecule has 0 saturated carbocycles. The lowest BCUT2D eigenvalue weighted by Crippen LogP contribution is -2.52. The van der Waals surface area contributed by atoms with Crippen molar-refractivity contribution in [3.8, 4) is 0 Å². The number of aryl methyl sites for hydroxylation is 1. The van der Waals surface area contributed by atoms with Crippen molar-refractivity contribution in [3.05, 3.63) is 86.9 Å². The third-order valence-corrected chi connectivity index (χ3v) is 7.33. The van der Waals surface area contributed by atoms with Gasteiger partial charge in [-0.05, 0) is 68.6 Å². The minimum absolute atomic E-state index is 0.0361. The normalized spacial score (nSPS) is 16.8. The molecule has 0 spiro atoms. The van der Waals surface area contributed by atoms with Gasteiger partial charge < -0.3 is 20.6 Å². The Morgan fingerprint density at radius 2 is 1.95 bits per heavy atom. The molecule has 4 rings (SSSR count). The molecule has 1 saturated heterocycles. The maximum Gasteiger partial charge on any atom is 0.253 e. The predicted octanol–water partition coefficient (Wildman–Crippen LogP) is 3.46. The largest absolute Gasteiger partial charge is 0.389 e. The van der Waals surface area contributed by atoms with Crippen LogP contribution in [-0.4, -0.2) is 58.6 Å². The summed E-state index contributed by atoms with van der Waals surface area (Å²) in [7, 11) is 1.67. The van der Waals surface area contributed by atoms with E-state index in [2.05, 4.69) is 15.6 Å². The van der Waals surface area contributed by atoms with Gasteiger partial charge in [-0.2, -0.15) is 0 Å². The van der Waals surface area contributed by atoms with Crippen molar-refractivity contribution in [3.63, 3.8) is 0 Å². The van der Waals surface area contributed by atoms with Crippen LogP contribution in [0.5, 0.6) is 0 Å². The molecule has 2 aromatic carbocycles. The van der Waals surface area contributed by atoms with Gasteiger partial charge in [0.15, 0.2) is 0 Å². The molecule has 196 valence electrons. The van der Waals surface area contributed by atoms with E-state index in [-0.39, 0.29) is 23.9 Å². The second-order valence-electron chi connectivity index (χ2n) is 9.38. The molecule has 1 aliphatic heterocycles. The second-order valence-corrected chi connectivity index (χ2v) is 10.3. The topological polar surface area (TPSA) is 94.6 Å². The average molecular weight is 529 g/mol. The van der Waals surface area contributed by atoms with Crippen molar-refractivity contribution in [2.75, 3.05) is 13.6 Å². The summed E-state index contributed by atoms with van der Waals surface area (Å²) < 4.78 is 27.6. The van der Waals surface area contributed by atoms with Crippen molar-refractivity contribution >= 4 is 23.2 Å². The Kier molecular flexibility index (Phi) is 8.63. The molecule has 1 aliphatic rings. The van der Waals surface area contributed by atoms with Crippen LogP contribution >= 0.6 is 11.3 Å². The molecule has 3 aromatic rings. The fourth-order valence-electron chi connectivity index (χ4n) is 4.54. The fraction of sp³-hybridized carbons (Fsp3) is 0.370. The number of benzene rings is 2. The Labute approximate surface area is 218 Å². The Bertz CT molecular complexity index is 1240. The number of aromatic nitrogens is 1. The lowest BCUT2D eigenvalue weighted by Gasteiger charge is -2.29. The zero-order valence-electron chi connectivity index (χ0n) is 20.7. The zero-order chi connectivity index (χ0) is 26.5. The fourth-order valence-corrected chi connectivity index (χ4v) is 5.36. The third kappa shape index (κ3) is 6.97. The maximum atomic E-state index is 13.8. The Morgan fingerprint density at radius 3 is 2.59 bits per heavy atom. The highest BCUT2D eigenvalue weighted by Crippen LogP contribution is 2.19. The van der Waals surface area contributed by atoms with E-state index in [9.17, 15) is 23.5 Å². The van der Waals surface area contributed by atoms with Crippen LogP contribution in [-0.2, 0) is 13.0 Å². The summed E-state index contributed by atoms with van der Waals surface area (Å²) in [6.45, 7) is 2.98. The quantitative estimate of drug-likeness (QED) is 0.396. The van der Waals surface area contributed by atoms with Crippen LogP contribution in [0.2, 0.25) is 0 Å². The lowest BCUT2D eigenvalue weighted by atomic mass is 9.95. The van der Waals surface area contributed by atoms with Crippen LogP contribution in [0.4, 0.5) is 8.78 Å². The van der Waals surface area contributed by atoms with E-state index in [1.807, 2.05) is 12.3 Å². The van der Waals surface area contributed by atoms with Gasteiger partial charge in [0.05, 0.1) is 18.7 Å². The Hall–Kier alpha value is -3.21. The van der Waals surface area contributed by atoms with Gasteiger partial charge in [-0.1, -0.05) is 6.07 Å². The molecule has 1 aromatic heterocycles. The third-order valence-electron chi connectivity index (χ3n) is 6.37. The van der Waals surface area contributed by atoms with E-state index in [1.165, 1.54) is 34.4 Å². The summed E-state index contributed by atoms with van der Waals surface area (Å²) in [5.41, 5.74) is 1.80. The average Bonchev–Trinajstić information content (AvgIpc) is 3.54. The first kappa shape index (κ1) is 26.8. The first-order valence-electron chi connectivity index (χ1n) is 12.1. The number of thiazole rings is 1. The summed E-state index contributed by atoms with van der Waals surface area (Å²) >= 11 is 1.48. The minimum atomic E-state index is -0.976. The number of carbonyl (C=O) groups is 2. The molecule has 1 fully saturated rings. The van der Waals surface area contributed by atoms with E-state index in [1.54, 1.807) is 25.2 Å². The molecular formula is C27H30F2N4O3S. The van der Waals surface area contributed by atoms with E-state index in [4.69, 9.17) is 0 Å². The molecule has 7 nitrogen and oxygen atoms in total. The molecule has 10 heteroatoms. The van der Waals surface area contributed by atoms with Gasteiger partial charge in [0, 0.05) is 41.4 Å². The van der Waals surface area contributed by atoms with Crippen molar-refractivity contribution in [2.45, 2.75) is 50.9 Å². The lowest BCUT2D eigenvalue weighted by molar-refractivity contribution is 0.0737. The minimum Gasteiger partial charge on any atom is -0.389 e. The van der Waals surface area contributed by atoms with E-state index >= 15 is 0 Å². The van der Waals surface area contributed by atoms with Gasteiger partial charge in [-0.3, -0.25) is 9.59 Å². The molecule has 2 heterocycles. The van der Waals surface area contributed by atoms with Crippen LogP contribution in [0.1, 0.15) is 49.8 Å². The molecular weight excluding hydrogens is 498 g/mol. The molecule has 0 bridgehead atoms. The van der Waals surface area contributed by atoms with Crippen LogP contribution in [0.25, 0.3) is 0 Å². The monoisotopic (exact) mass is 528 g/mol. The van der Waals surface area contributed by atoms with Crippen LogP contribution in [0.3, 0.4) is 0 Å². The standard InChI is InChI=1S/C27H30F2N4O3S/c1-16-15-37-24(31-16)14-33(2)27(36)19-6-3-5-18(12-19)26(35)32-23(25(34)22-7-4-8-30-22)11-17-9-20(28)13-21(29)10-17/h3,5-6,9-10,12-13,15,22-23,25,30,34H,4,7-8,11,14H2,1-2H3,(H,32,35). The van der Waals surface area contributed by atoms with Crippen LogP contribution in [0, 0.1) is 18.6 Å². The molecule has 3 atom stereocenters. The summed E-state index contributed by atoms with van der Waals surface area (Å²) in [6.07, 6.45) is 0.666. The highest BCUT2D eigenvalue weighted by atomic mass is 32.1. The van der Waals surface area contributed by atoms with E-state index in [0.29, 0.717) is 17.7 Å². The molecule has 3 unspecified atom stereocenters. The number of rotatable bonds is 9. The van der Waals surface area contributed by atoms with Gasteiger partial charge in [0.2, 0.25) is 0 Å². The number of nitrogens with zero attached hydrogens (tertiary/aromatic N) is 2. The molecule has 3 N–H and O–H groups in total. The summed E-state index contributed by atoms with van der Waals surface area (Å²) in [5, 5.41) is 19.8. The predicted molar refractivity (Wildman–Crippen MR) is 137 cm³/mol. The summed E-state index contributed by atoms with van der Waals surface area (Å²) in [6, 6.07) is 8.44. The molecule has 37 heavy (non-hydrogen) atoms.